The van der Waals surface area contributed by atoms with E-state index in [1.54, 1.807) is 24.3 Å². The molecule has 0 saturated carbocycles. The van der Waals surface area contributed by atoms with Gasteiger partial charge in [0, 0.05) is 27.6 Å². The zero-order valence-electron chi connectivity index (χ0n) is 9.42. The Labute approximate surface area is 148 Å². The topological polar surface area (TPSA) is 40.5 Å². The second-order valence-electron chi connectivity index (χ2n) is 3.97. The molecule has 0 atom stereocenters. The Balaban J connectivity index is 2.47. The van der Waals surface area contributed by atoms with Crippen LogP contribution < -0.4 is 0 Å². The van der Waals surface area contributed by atoms with Crippen molar-refractivity contribution in [2.45, 2.75) is 6.42 Å². The van der Waals surface area contributed by atoms with E-state index in [2.05, 4.69) is 0 Å². The first-order valence-corrected chi connectivity index (χ1v) is 8.13. The van der Waals surface area contributed by atoms with Crippen molar-refractivity contribution < 1.29 is 10.2 Å². The van der Waals surface area contributed by atoms with E-state index in [4.69, 9.17) is 23.2 Å². The van der Waals surface area contributed by atoms with Gasteiger partial charge in [0.15, 0.2) is 0 Å². The maximum absolute atomic E-state index is 10.0. The van der Waals surface area contributed by atoms with E-state index in [1.165, 1.54) is 0 Å². The molecule has 0 aliphatic rings. The fourth-order valence-corrected chi connectivity index (χ4v) is 3.93. The van der Waals surface area contributed by atoms with Crippen LogP contribution in [-0.2, 0) is 6.42 Å². The van der Waals surface area contributed by atoms with E-state index in [9.17, 15) is 10.2 Å². The minimum atomic E-state index is 0.180. The molecular formula is C13H8Cl2I2O2. The zero-order chi connectivity index (χ0) is 14.2. The van der Waals surface area contributed by atoms with E-state index in [0.717, 1.165) is 0 Å². The number of phenols is 2. The first-order valence-electron chi connectivity index (χ1n) is 5.22. The summed E-state index contributed by atoms with van der Waals surface area (Å²) in [4.78, 5) is 0. The molecule has 0 aromatic heterocycles. The highest BCUT2D eigenvalue weighted by Crippen LogP contribution is 2.34. The zero-order valence-corrected chi connectivity index (χ0v) is 15.2. The van der Waals surface area contributed by atoms with E-state index in [1.807, 2.05) is 45.2 Å². The predicted octanol–water partition coefficient (Wildman–Crippen LogP) is 5.20. The summed E-state index contributed by atoms with van der Waals surface area (Å²) in [5, 5.41) is 21.2. The van der Waals surface area contributed by atoms with Crippen LogP contribution in [-0.4, -0.2) is 10.2 Å². The van der Waals surface area contributed by atoms with Crippen LogP contribution in [0.1, 0.15) is 11.1 Å². The molecule has 2 rings (SSSR count). The van der Waals surface area contributed by atoms with Crippen molar-refractivity contribution in [3.05, 3.63) is 52.6 Å². The fourth-order valence-electron chi connectivity index (χ4n) is 1.71. The van der Waals surface area contributed by atoms with Crippen LogP contribution in [0.25, 0.3) is 0 Å². The number of hydrogen-bond acceptors (Lipinski definition) is 2. The monoisotopic (exact) mass is 520 g/mol. The molecule has 2 aromatic rings. The molecule has 0 fully saturated rings. The fraction of sp³-hybridized carbons (Fsp3) is 0.0769. The van der Waals surface area contributed by atoms with Gasteiger partial charge >= 0.3 is 0 Å². The lowest BCUT2D eigenvalue weighted by Gasteiger charge is -2.10. The molecule has 0 aliphatic carbocycles. The Morgan fingerprint density at radius 3 is 1.53 bits per heavy atom. The van der Waals surface area contributed by atoms with Crippen LogP contribution in [0.4, 0.5) is 0 Å². The largest absolute Gasteiger partial charge is 0.507 e. The first kappa shape index (κ1) is 15.5. The van der Waals surface area contributed by atoms with Crippen LogP contribution in [0.2, 0.25) is 10.0 Å². The van der Waals surface area contributed by atoms with Gasteiger partial charge in [0.05, 0.1) is 7.14 Å². The van der Waals surface area contributed by atoms with E-state index >= 15 is 0 Å². The molecule has 2 nitrogen and oxygen atoms in total. The highest BCUT2D eigenvalue weighted by molar-refractivity contribution is 14.1. The summed E-state index contributed by atoms with van der Waals surface area (Å²) in [6.45, 7) is 0. The summed E-state index contributed by atoms with van der Waals surface area (Å²) in [5.41, 5.74) is 1.32. The maximum Gasteiger partial charge on any atom is 0.132 e. The van der Waals surface area contributed by atoms with Crippen molar-refractivity contribution in [1.29, 1.82) is 0 Å². The van der Waals surface area contributed by atoms with Crippen molar-refractivity contribution in [3.8, 4) is 11.5 Å². The van der Waals surface area contributed by atoms with Crippen molar-refractivity contribution in [2.75, 3.05) is 0 Å². The Bertz CT molecular complexity index is 590. The summed E-state index contributed by atoms with van der Waals surface area (Å²) in [6.07, 6.45) is 0.366. The first-order chi connectivity index (χ1) is 8.88. The second kappa shape index (κ2) is 6.24. The van der Waals surface area contributed by atoms with Gasteiger partial charge in [-0.1, -0.05) is 23.2 Å². The molecule has 0 spiro atoms. The van der Waals surface area contributed by atoms with Crippen LogP contribution in [0.15, 0.2) is 24.3 Å². The normalized spacial score (nSPS) is 10.7. The lowest BCUT2D eigenvalue weighted by Crippen LogP contribution is -1.93. The third-order valence-electron chi connectivity index (χ3n) is 2.60. The summed E-state index contributed by atoms with van der Waals surface area (Å²) < 4.78 is 1.35. The average molecular weight is 521 g/mol. The summed E-state index contributed by atoms with van der Waals surface area (Å²) in [6, 6.07) is 6.74. The Morgan fingerprint density at radius 2 is 1.16 bits per heavy atom. The summed E-state index contributed by atoms with van der Waals surface area (Å²) in [7, 11) is 0. The number of aromatic hydroxyl groups is 2. The van der Waals surface area contributed by atoms with Gasteiger partial charge in [-0.3, -0.25) is 0 Å². The maximum atomic E-state index is 10.0. The quantitative estimate of drug-likeness (QED) is 0.534. The number of phenolic OH excluding ortho intramolecular Hbond substituents is 2. The van der Waals surface area contributed by atoms with E-state index < -0.39 is 0 Å². The van der Waals surface area contributed by atoms with Crippen molar-refractivity contribution >= 4 is 68.4 Å². The highest BCUT2D eigenvalue weighted by Gasteiger charge is 2.13. The number of halogens is 4. The van der Waals surface area contributed by atoms with E-state index in [-0.39, 0.29) is 11.5 Å². The molecule has 0 saturated heterocycles. The van der Waals surface area contributed by atoms with Gasteiger partial charge in [0.1, 0.15) is 11.5 Å². The van der Waals surface area contributed by atoms with E-state index in [0.29, 0.717) is 34.7 Å². The summed E-state index contributed by atoms with van der Waals surface area (Å²) >= 11 is 16.0. The second-order valence-corrected chi connectivity index (χ2v) is 7.16. The predicted molar refractivity (Wildman–Crippen MR) is 94.5 cm³/mol. The third-order valence-corrected chi connectivity index (χ3v) is 4.68. The van der Waals surface area contributed by atoms with Gasteiger partial charge in [-0.15, -0.1) is 0 Å². The standard InChI is InChI=1S/C13H8Cl2I2O2/c14-8-2-6(12(18)10(16)4-8)1-7-3-9(15)5-11(17)13(7)19/h2-5,18-19H,1H2. The lowest BCUT2D eigenvalue weighted by atomic mass is 10.0. The van der Waals surface area contributed by atoms with Crippen LogP contribution in [0, 0.1) is 7.14 Å². The molecule has 100 valence electrons. The van der Waals surface area contributed by atoms with Crippen molar-refractivity contribution in [1.82, 2.24) is 0 Å². The van der Waals surface area contributed by atoms with Gasteiger partial charge in [-0.2, -0.15) is 0 Å². The van der Waals surface area contributed by atoms with Gasteiger partial charge in [-0.05, 0) is 69.4 Å². The minimum Gasteiger partial charge on any atom is -0.507 e. The van der Waals surface area contributed by atoms with Gasteiger partial charge in [0.25, 0.3) is 0 Å². The molecular weight excluding hydrogens is 513 g/mol. The Hall–Kier alpha value is 0.0800. The average Bonchev–Trinajstić information content (AvgIpc) is 2.31. The SMILES string of the molecule is Oc1c(I)cc(Cl)cc1Cc1cc(Cl)cc(I)c1O. The smallest absolute Gasteiger partial charge is 0.132 e. The van der Waals surface area contributed by atoms with Crippen molar-refractivity contribution in [2.24, 2.45) is 0 Å². The molecule has 6 heteroatoms. The van der Waals surface area contributed by atoms with Crippen LogP contribution >= 0.6 is 68.4 Å². The highest BCUT2D eigenvalue weighted by atomic mass is 127. The molecule has 0 aliphatic heterocycles. The molecule has 2 aromatic carbocycles. The number of benzene rings is 2. The summed E-state index contributed by atoms with van der Waals surface area (Å²) in [5.74, 6) is 0.360. The molecule has 2 N–H and O–H groups in total. The Kier molecular flexibility index (Phi) is 5.08. The third kappa shape index (κ3) is 3.59. The van der Waals surface area contributed by atoms with Crippen LogP contribution in [0.5, 0.6) is 11.5 Å². The molecule has 0 heterocycles. The van der Waals surface area contributed by atoms with Gasteiger partial charge in [0.2, 0.25) is 0 Å². The minimum absolute atomic E-state index is 0.180. The number of rotatable bonds is 2. The molecule has 0 radical (unpaired) electrons. The molecule has 0 unspecified atom stereocenters. The molecule has 0 amide bonds. The molecule has 19 heavy (non-hydrogen) atoms. The Morgan fingerprint density at radius 1 is 0.789 bits per heavy atom. The van der Waals surface area contributed by atoms with Crippen LogP contribution in [0.3, 0.4) is 0 Å². The molecule has 0 bridgehead atoms. The van der Waals surface area contributed by atoms with Gasteiger partial charge in [-0.25, -0.2) is 0 Å². The number of hydrogen-bond donors (Lipinski definition) is 2. The van der Waals surface area contributed by atoms with Crippen molar-refractivity contribution in [3.63, 3.8) is 0 Å². The van der Waals surface area contributed by atoms with Gasteiger partial charge < -0.3 is 10.2 Å². The lowest BCUT2D eigenvalue weighted by molar-refractivity contribution is 0.459.